The van der Waals surface area contributed by atoms with Crippen molar-refractivity contribution in [3.8, 4) is 0 Å². The Labute approximate surface area is 105 Å². The number of nitrogens with zero attached hydrogens (tertiary/aromatic N) is 2. The Morgan fingerprint density at radius 1 is 1.41 bits per heavy atom. The first-order chi connectivity index (χ1) is 8.22. The van der Waals surface area contributed by atoms with Crippen molar-refractivity contribution >= 4 is 5.96 Å². The fourth-order valence-corrected chi connectivity index (χ4v) is 3.20. The molecule has 2 atom stereocenters. The van der Waals surface area contributed by atoms with Crippen LogP contribution in [0.15, 0.2) is 4.99 Å². The molecule has 1 N–H and O–H groups in total. The third-order valence-corrected chi connectivity index (χ3v) is 4.99. The number of hydrogen-bond acceptors (Lipinski definition) is 3. The Bertz CT molecular complexity index is 319. The molecular weight excluding hydrogens is 210 g/mol. The average Bonchev–Trinajstić information content (AvgIpc) is 3.02. The molecule has 1 saturated heterocycles. The highest BCUT2D eigenvalue weighted by molar-refractivity contribution is 5.82. The molecule has 0 radical (unpaired) electrons. The maximum atomic E-state index is 4.71. The molecule has 3 aliphatic rings. The molecule has 0 aromatic rings. The van der Waals surface area contributed by atoms with Crippen molar-refractivity contribution in [1.82, 2.24) is 10.2 Å². The normalized spacial score (nSPS) is 34.2. The van der Waals surface area contributed by atoms with Gasteiger partial charge in [0.25, 0.3) is 0 Å². The quantitative estimate of drug-likeness (QED) is 0.812. The van der Waals surface area contributed by atoms with E-state index in [-0.39, 0.29) is 0 Å². The fourth-order valence-electron chi connectivity index (χ4n) is 3.20. The summed E-state index contributed by atoms with van der Waals surface area (Å²) in [6.45, 7) is 8.04. The topological polar surface area (TPSA) is 27.6 Å². The SMILES string of the molecule is CCC1(CNC2=NCC3CCC(C)CN23)CC1. The van der Waals surface area contributed by atoms with Gasteiger partial charge in [-0.3, -0.25) is 4.99 Å². The molecule has 3 nitrogen and oxygen atoms in total. The van der Waals surface area contributed by atoms with Crippen molar-refractivity contribution in [1.29, 1.82) is 0 Å². The second-order valence-corrected chi connectivity index (χ2v) is 6.36. The van der Waals surface area contributed by atoms with Crippen molar-refractivity contribution < 1.29 is 0 Å². The lowest BCUT2D eigenvalue weighted by atomic mass is 9.95. The Hall–Kier alpha value is -0.730. The summed E-state index contributed by atoms with van der Waals surface area (Å²) >= 11 is 0. The van der Waals surface area contributed by atoms with E-state index in [0.29, 0.717) is 11.5 Å². The van der Waals surface area contributed by atoms with E-state index in [0.717, 1.165) is 19.0 Å². The Morgan fingerprint density at radius 3 is 2.94 bits per heavy atom. The minimum Gasteiger partial charge on any atom is -0.356 e. The highest BCUT2D eigenvalue weighted by Crippen LogP contribution is 2.47. The third kappa shape index (κ3) is 2.16. The van der Waals surface area contributed by atoms with E-state index in [2.05, 4.69) is 24.1 Å². The van der Waals surface area contributed by atoms with Crippen molar-refractivity contribution in [3.05, 3.63) is 0 Å². The summed E-state index contributed by atoms with van der Waals surface area (Å²) in [4.78, 5) is 7.24. The number of fused-ring (bicyclic) bond motifs is 1. The van der Waals surface area contributed by atoms with E-state index < -0.39 is 0 Å². The standard InChI is InChI=1S/C14H25N3/c1-3-14(6-7-14)10-16-13-15-8-12-5-4-11(2)9-17(12)13/h11-12H,3-10H2,1-2H3,(H,15,16). The number of nitrogens with one attached hydrogen (secondary N) is 1. The maximum absolute atomic E-state index is 4.71. The molecule has 3 rings (SSSR count). The molecule has 1 aliphatic carbocycles. The van der Waals surface area contributed by atoms with E-state index in [9.17, 15) is 0 Å². The molecule has 0 bridgehead atoms. The van der Waals surface area contributed by atoms with Crippen LogP contribution in [0.25, 0.3) is 0 Å². The van der Waals surface area contributed by atoms with Crippen LogP contribution < -0.4 is 5.32 Å². The molecular formula is C14H25N3. The van der Waals surface area contributed by atoms with Crippen LogP contribution in [0.1, 0.15) is 46.0 Å². The zero-order valence-electron chi connectivity index (χ0n) is 11.2. The smallest absolute Gasteiger partial charge is 0.194 e. The van der Waals surface area contributed by atoms with Gasteiger partial charge in [0.2, 0.25) is 0 Å². The van der Waals surface area contributed by atoms with Gasteiger partial charge in [-0.15, -0.1) is 0 Å². The molecule has 2 heterocycles. The van der Waals surface area contributed by atoms with E-state index in [4.69, 9.17) is 4.99 Å². The van der Waals surface area contributed by atoms with E-state index >= 15 is 0 Å². The maximum Gasteiger partial charge on any atom is 0.194 e. The summed E-state index contributed by atoms with van der Waals surface area (Å²) in [5, 5.41) is 3.63. The lowest BCUT2D eigenvalue weighted by Gasteiger charge is -2.36. The Balaban J connectivity index is 1.56. The first kappa shape index (κ1) is 11.4. The molecule has 0 spiro atoms. The third-order valence-electron chi connectivity index (χ3n) is 4.99. The summed E-state index contributed by atoms with van der Waals surface area (Å²) in [5.74, 6) is 2.03. The molecule has 0 aromatic heterocycles. The van der Waals surface area contributed by atoms with Crippen LogP contribution in [0.4, 0.5) is 0 Å². The molecule has 2 aliphatic heterocycles. The van der Waals surface area contributed by atoms with Crippen LogP contribution in [0.5, 0.6) is 0 Å². The van der Waals surface area contributed by atoms with Crippen molar-refractivity contribution in [2.45, 2.75) is 52.0 Å². The minimum absolute atomic E-state index is 0.613. The van der Waals surface area contributed by atoms with Gasteiger partial charge in [-0.25, -0.2) is 0 Å². The number of guanidine groups is 1. The first-order valence-electron chi connectivity index (χ1n) is 7.27. The van der Waals surface area contributed by atoms with E-state index in [1.165, 1.54) is 44.6 Å². The lowest BCUT2D eigenvalue weighted by Crippen LogP contribution is -2.49. The van der Waals surface area contributed by atoms with Gasteiger partial charge in [0.15, 0.2) is 5.96 Å². The van der Waals surface area contributed by atoms with E-state index in [1.807, 2.05) is 0 Å². The molecule has 0 amide bonds. The lowest BCUT2D eigenvalue weighted by molar-refractivity contribution is 0.210. The average molecular weight is 235 g/mol. The van der Waals surface area contributed by atoms with Gasteiger partial charge in [-0.05, 0) is 43.4 Å². The summed E-state index contributed by atoms with van der Waals surface area (Å²) in [6, 6.07) is 0.700. The van der Waals surface area contributed by atoms with Crippen molar-refractivity contribution in [3.63, 3.8) is 0 Å². The van der Waals surface area contributed by atoms with Gasteiger partial charge in [0, 0.05) is 13.1 Å². The summed E-state index contributed by atoms with van der Waals surface area (Å²) in [6.07, 6.45) is 6.83. The second-order valence-electron chi connectivity index (χ2n) is 6.36. The van der Waals surface area contributed by atoms with Crippen LogP contribution >= 0.6 is 0 Å². The van der Waals surface area contributed by atoms with Crippen LogP contribution in [0.2, 0.25) is 0 Å². The molecule has 1 saturated carbocycles. The Morgan fingerprint density at radius 2 is 2.24 bits per heavy atom. The molecule has 2 unspecified atom stereocenters. The number of rotatable bonds is 3. The molecule has 96 valence electrons. The fraction of sp³-hybridized carbons (Fsp3) is 0.929. The zero-order chi connectivity index (χ0) is 11.9. The first-order valence-corrected chi connectivity index (χ1v) is 7.27. The predicted octanol–water partition coefficient (Wildman–Crippen LogP) is 2.24. The van der Waals surface area contributed by atoms with Crippen LogP contribution in [0, 0.1) is 11.3 Å². The minimum atomic E-state index is 0.613. The molecule has 3 heteroatoms. The zero-order valence-corrected chi connectivity index (χ0v) is 11.2. The van der Waals surface area contributed by atoms with Gasteiger partial charge < -0.3 is 10.2 Å². The van der Waals surface area contributed by atoms with Crippen LogP contribution in [0.3, 0.4) is 0 Å². The highest BCUT2D eigenvalue weighted by Gasteiger charge is 2.41. The van der Waals surface area contributed by atoms with Crippen LogP contribution in [-0.2, 0) is 0 Å². The second kappa shape index (κ2) is 4.18. The monoisotopic (exact) mass is 235 g/mol. The number of piperidine rings is 1. The summed E-state index contributed by atoms with van der Waals surface area (Å²) in [5.41, 5.74) is 0.613. The Kier molecular flexibility index (Phi) is 2.80. The highest BCUT2D eigenvalue weighted by atomic mass is 15.4. The van der Waals surface area contributed by atoms with Crippen molar-refractivity contribution in [2.24, 2.45) is 16.3 Å². The van der Waals surface area contributed by atoms with E-state index in [1.54, 1.807) is 0 Å². The van der Waals surface area contributed by atoms with Gasteiger partial charge in [0.1, 0.15) is 0 Å². The van der Waals surface area contributed by atoms with Gasteiger partial charge in [-0.2, -0.15) is 0 Å². The molecule has 0 aromatic carbocycles. The number of aliphatic imine (C=N–C) groups is 1. The predicted molar refractivity (Wildman–Crippen MR) is 71.2 cm³/mol. The summed E-state index contributed by atoms with van der Waals surface area (Å²) < 4.78 is 0. The summed E-state index contributed by atoms with van der Waals surface area (Å²) in [7, 11) is 0. The largest absolute Gasteiger partial charge is 0.356 e. The number of hydrogen-bond donors (Lipinski definition) is 1. The van der Waals surface area contributed by atoms with Crippen LogP contribution in [-0.4, -0.2) is 36.5 Å². The molecule has 2 fully saturated rings. The van der Waals surface area contributed by atoms with Gasteiger partial charge in [-0.1, -0.05) is 13.8 Å². The van der Waals surface area contributed by atoms with Gasteiger partial charge in [0.05, 0.1) is 12.6 Å². The van der Waals surface area contributed by atoms with Gasteiger partial charge >= 0.3 is 0 Å². The molecule has 17 heavy (non-hydrogen) atoms. The van der Waals surface area contributed by atoms with Crippen molar-refractivity contribution in [2.75, 3.05) is 19.6 Å².